The molecule has 1 atom stereocenters. The van der Waals surface area contributed by atoms with E-state index in [2.05, 4.69) is 16.3 Å². The van der Waals surface area contributed by atoms with E-state index >= 15 is 0 Å². The Labute approximate surface area is 130 Å². The van der Waals surface area contributed by atoms with Gasteiger partial charge in [0.05, 0.1) is 12.9 Å². The maximum absolute atomic E-state index is 12.3. The Hall–Kier alpha value is -1.20. The molecule has 3 rings (SSSR count). The highest BCUT2D eigenvalue weighted by atomic mass is 32.2. The lowest BCUT2D eigenvalue weighted by molar-refractivity contribution is -0.128. The third-order valence-corrected chi connectivity index (χ3v) is 5.52. The van der Waals surface area contributed by atoms with Crippen LogP contribution in [-0.2, 0) is 4.79 Å². The topological polar surface area (TPSA) is 41.6 Å². The zero-order valence-corrected chi connectivity index (χ0v) is 13.2. The fourth-order valence-electron chi connectivity index (χ4n) is 3.12. The summed E-state index contributed by atoms with van der Waals surface area (Å²) in [5.41, 5.74) is 1.12. The van der Waals surface area contributed by atoms with Crippen LogP contribution in [0.1, 0.15) is 23.8 Å². The molecule has 0 bridgehead atoms. The van der Waals surface area contributed by atoms with Crippen LogP contribution in [0.15, 0.2) is 24.3 Å². The van der Waals surface area contributed by atoms with E-state index in [-0.39, 0.29) is 11.3 Å². The van der Waals surface area contributed by atoms with Crippen molar-refractivity contribution in [3.8, 4) is 5.75 Å². The number of hydrogen-bond donors (Lipinski definition) is 1. The summed E-state index contributed by atoms with van der Waals surface area (Å²) in [4.78, 5) is 14.3. The number of thioether (sulfide) groups is 1. The van der Waals surface area contributed by atoms with Crippen molar-refractivity contribution in [2.24, 2.45) is 5.92 Å². The minimum atomic E-state index is 0.100. The van der Waals surface area contributed by atoms with Crippen molar-refractivity contribution in [3.05, 3.63) is 29.8 Å². The van der Waals surface area contributed by atoms with E-state index in [0.29, 0.717) is 11.7 Å². The van der Waals surface area contributed by atoms with E-state index in [1.807, 2.05) is 18.2 Å². The van der Waals surface area contributed by atoms with Crippen LogP contribution in [0.5, 0.6) is 5.75 Å². The van der Waals surface area contributed by atoms with Gasteiger partial charge in [-0.3, -0.25) is 4.79 Å². The molecule has 1 aromatic rings. The number of nitrogens with zero attached hydrogens (tertiary/aromatic N) is 1. The van der Waals surface area contributed by atoms with Gasteiger partial charge in [0.2, 0.25) is 5.91 Å². The number of para-hydroxylation sites is 1. The number of nitrogens with one attached hydrogen (secondary N) is 1. The van der Waals surface area contributed by atoms with Crippen LogP contribution in [0.3, 0.4) is 0 Å². The molecule has 1 unspecified atom stereocenters. The van der Waals surface area contributed by atoms with E-state index in [9.17, 15) is 4.79 Å². The number of ether oxygens (including phenoxy) is 1. The van der Waals surface area contributed by atoms with E-state index in [0.717, 1.165) is 43.8 Å². The normalized spacial score (nSPS) is 23.6. The van der Waals surface area contributed by atoms with E-state index in [4.69, 9.17) is 4.74 Å². The molecule has 0 saturated carbocycles. The van der Waals surface area contributed by atoms with Crippen LogP contribution in [0.2, 0.25) is 0 Å². The van der Waals surface area contributed by atoms with Gasteiger partial charge in [-0.2, -0.15) is 0 Å². The van der Waals surface area contributed by atoms with Crippen molar-refractivity contribution >= 4 is 17.7 Å². The summed E-state index contributed by atoms with van der Waals surface area (Å²) in [5.74, 6) is 2.33. The van der Waals surface area contributed by atoms with Crippen LogP contribution in [-0.4, -0.2) is 43.3 Å². The Balaban J connectivity index is 1.78. The van der Waals surface area contributed by atoms with Gasteiger partial charge in [0, 0.05) is 12.1 Å². The number of benzene rings is 1. The molecular weight excluding hydrogens is 284 g/mol. The third kappa shape index (κ3) is 3.19. The van der Waals surface area contributed by atoms with Crippen molar-refractivity contribution in [2.45, 2.75) is 18.2 Å². The zero-order chi connectivity index (χ0) is 14.7. The molecule has 4 nitrogen and oxygen atoms in total. The zero-order valence-electron chi connectivity index (χ0n) is 12.4. The molecule has 0 spiro atoms. The van der Waals surface area contributed by atoms with E-state index in [1.165, 1.54) is 0 Å². The number of piperidine rings is 1. The fraction of sp³-hybridized carbons (Fsp3) is 0.562. The Morgan fingerprint density at radius 3 is 2.86 bits per heavy atom. The van der Waals surface area contributed by atoms with Gasteiger partial charge in [0.1, 0.15) is 11.1 Å². The van der Waals surface area contributed by atoms with E-state index < -0.39 is 0 Å². The summed E-state index contributed by atoms with van der Waals surface area (Å²) in [7, 11) is 1.69. The maximum Gasteiger partial charge on any atom is 0.233 e. The molecule has 5 heteroatoms. The van der Waals surface area contributed by atoms with Gasteiger partial charge < -0.3 is 15.0 Å². The van der Waals surface area contributed by atoms with E-state index in [1.54, 1.807) is 18.9 Å². The first-order valence-electron chi connectivity index (χ1n) is 7.54. The van der Waals surface area contributed by atoms with Gasteiger partial charge in [0.15, 0.2) is 0 Å². The van der Waals surface area contributed by atoms with Crippen molar-refractivity contribution in [1.29, 1.82) is 0 Å². The molecule has 114 valence electrons. The second-order valence-electron chi connectivity index (χ2n) is 5.64. The molecule has 1 N–H and O–H groups in total. The van der Waals surface area contributed by atoms with Crippen molar-refractivity contribution in [3.63, 3.8) is 0 Å². The second-order valence-corrected chi connectivity index (χ2v) is 6.71. The molecule has 2 heterocycles. The molecule has 2 aliphatic heterocycles. The monoisotopic (exact) mass is 306 g/mol. The van der Waals surface area contributed by atoms with Gasteiger partial charge in [-0.05, 0) is 37.9 Å². The molecule has 2 aliphatic rings. The first-order valence-corrected chi connectivity index (χ1v) is 8.59. The summed E-state index contributed by atoms with van der Waals surface area (Å²) in [6.45, 7) is 3.01. The summed E-state index contributed by atoms with van der Waals surface area (Å²) >= 11 is 1.71. The highest BCUT2D eigenvalue weighted by Crippen LogP contribution is 2.42. The molecule has 0 aromatic heterocycles. The maximum atomic E-state index is 12.3. The number of rotatable bonds is 4. The van der Waals surface area contributed by atoms with Gasteiger partial charge >= 0.3 is 0 Å². The molecule has 2 fully saturated rings. The lowest BCUT2D eigenvalue weighted by Crippen LogP contribution is -2.38. The highest BCUT2D eigenvalue weighted by molar-refractivity contribution is 8.00. The predicted molar refractivity (Wildman–Crippen MR) is 85.5 cm³/mol. The highest BCUT2D eigenvalue weighted by Gasteiger charge is 2.35. The fourth-order valence-corrected chi connectivity index (χ4v) is 4.35. The Bertz CT molecular complexity index is 503. The average molecular weight is 306 g/mol. The predicted octanol–water partition coefficient (Wildman–Crippen LogP) is 2.27. The Kier molecular flexibility index (Phi) is 4.70. The van der Waals surface area contributed by atoms with Crippen LogP contribution in [0.4, 0.5) is 0 Å². The number of amides is 1. The molecule has 1 amide bonds. The van der Waals surface area contributed by atoms with Crippen molar-refractivity contribution in [1.82, 2.24) is 10.2 Å². The van der Waals surface area contributed by atoms with Crippen LogP contribution in [0, 0.1) is 5.92 Å². The number of carbonyl (C=O) groups excluding carboxylic acids is 1. The molecule has 21 heavy (non-hydrogen) atoms. The summed E-state index contributed by atoms with van der Waals surface area (Å²) in [6.07, 6.45) is 2.32. The summed E-state index contributed by atoms with van der Waals surface area (Å²) in [5, 5.41) is 3.48. The molecular formula is C16H22N2O2S. The standard InChI is InChI=1S/C16H22N2O2S/c1-20-14-5-3-2-4-13(14)16-18(15(19)11-21-16)10-12-6-8-17-9-7-12/h2-5,12,16-17H,6-11H2,1H3. The second kappa shape index (κ2) is 6.71. The number of methoxy groups -OCH3 is 1. The summed E-state index contributed by atoms with van der Waals surface area (Å²) < 4.78 is 5.47. The van der Waals surface area contributed by atoms with Gasteiger partial charge in [0.25, 0.3) is 0 Å². The van der Waals surface area contributed by atoms with Gasteiger partial charge in [-0.25, -0.2) is 0 Å². The minimum Gasteiger partial charge on any atom is -0.496 e. The Morgan fingerprint density at radius 2 is 2.10 bits per heavy atom. The Morgan fingerprint density at radius 1 is 1.33 bits per heavy atom. The third-order valence-electron chi connectivity index (χ3n) is 4.29. The largest absolute Gasteiger partial charge is 0.496 e. The molecule has 2 saturated heterocycles. The SMILES string of the molecule is COc1ccccc1C1SCC(=O)N1CC1CCNCC1. The van der Waals surface area contributed by atoms with Crippen LogP contribution in [0.25, 0.3) is 0 Å². The first kappa shape index (κ1) is 14.7. The van der Waals surface area contributed by atoms with Gasteiger partial charge in [-0.15, -0.1) is 11.8 Å². The van der Waals surface area contributed by atoms with Crippen LogP contribution >= 0.6 is 11.8 Å². The van der Waals surface area contributed by atoms with Crippen LogP contribution < -0.4 is 10.1 Å². The molecule has 1 aromatic carbocycles. The lowest BCUT2D eigenvalue weighted by atomic mass is 9.97. The lowest BCUT2D eigenvalue weighted by Gasteiger charge is -2.31. The quantitative estimate of drug-likeness (QED) is 0.926. The average Bonchev–Trinajstić information content (AvgIpc) is 2.89. The number of hydrogen-bond acceptors (Lipinski definition) is 4. The van der Waals surface area contributed by atoms with Crippen molar-refractivity contribution < 1.29 is 9.53 Å². The van der Waals surface area contributed by atoms with Gasteiger partial charge in [-0.1, -0.05) is 18.2 Å². The number of carbonyl (C=O) groups is 1. The molecule has 0 aliphatic carbocycles. The first-order chi connectivity index (χ1) is 10.3. The molecule has 0 radical (unpaired) electrons. The smallest absolute Gasteiger partial charge is 0.233 e. The van der Waals surface area contributed by atoms with Crippen molar-refractivity contribution in [2.75, 3.05) is 32.5 Å². The summed E-state index contributed by atoms with van der Waals surface area (Å²) in [6, 6.07) is 8.04. The minimum absolute atomic E-state index is 0.100.